The van der Waals surface area contributed by atoms with Gasteiger partial charge in [-0.25, -0.2) is 9.97 Å². The van der Waals surface area contributed by atoms with Crippen LogP contribution in [-0.4, -0.2) is 27.1 Å². The van der Waals surface area contributed by atoms with Crippen molar-refractivity contribution in [2.45, 2.75) is 20.3 Å². The van der Waals surface area contributed by atoms with Gasteiger partial charge in [0, 0.05) is 16.9 Å². The van der Waals surface area contributed by atoms with Crippen molar-refractivity contribution in [1.82, 2.24) is 9.97 Å². The molecule has 0 atom stereocenters. The van der Waals surface area contributed by atoms with Crippen molar-refractivity contribution in [1.29, 1.82) is 0 Å². The average molecular weight is 374 g/mol. The van der Waals surface area contributed by atoms with Crippen molar-refractivity contribution in [3.05, 3.63) is 52.0 Å². The van der Waals surface area contributed by atoms with Gasteiger partial charge in [0.2, 0.25) is 0 Å². The molecule has 3 N–H and O–H groups in total. The molecule has 8 heteroatoms. The summed E-state index contributed by atoms with van der Waals surface area (Å²) in [5, 5.41) is 21.7. The summed E-state index contributed by atoms with van der Waals surface area (Å²) in [4.78, 5) is 10.2. The number of benzene rings is 1. The first-order valence-electron chi connectivity index (χ1n) is 7.84. The molecule has 0 saturated carbocycles. The van der Waals surface area contributed by atoms with Crippen molar-refractivity contribution < 1.29 is 10.0 Å². The largest absolute Gasteiger partial charge is 0.488 e. The number of hydrogen-bond donors (Lipinski definition) is 3. The standard InChI is InChI=1S/C17H17BClN3O2S/c1-3-13-10(2)20-17(14-8-9-15(19)25-14)22-16(13)21-12-6-4-11(5-7-12)18(23)24/h4-9,23-24H,3H2,1-2H3,(H,20,21,22). The van der Waals surface area contributed by atoms with Crippen molar-refractivity contribution in [3.63, 3.8) is 0 Å². The molecule has 0 fully saturated rings. The van der Waals surface area contributed by atoms with E-state index >= 15 is 0 Å². The lowest BCUT2D eigenvalue weighted by Crippen LogP contribution is -2.29. The molecule has 0 radical (unpaired) electrons. The molecule has 0 unspecified atom stereocenters. The molecular weight excluding hydrogens is 357 g/mol. The molecule has 25 heavy (non-hydrogen) atoms. The SMILES string of the molecule is CCc1c(C)nc(-c2ccc(Cl)s2)nc1Nc1ccc(B(O)O)cc1. The Balaban J connectivity index is 1.97. The molecule has 3 aromatic rings. The summed E-state index contributed by atoms with van der Waals surface area (Å²) in [5.41, 5.74) is 3.21. The lowest BCUT2D eigenvalue weighted by molar-refractivity contribution is 0.426. The van der Waals surface area contributed by atoms with Gasteiger partial charge < -0.3 is 15.4 Å². The van der Waals surface area contributed by atoms with Crippen LogP contribution in [0.4, 0.5) is 11.5 Å². The highest BCUT2D eigenvalue weighted by Gasteiger charge is 2.14. The first kappa shape index (κ1) is 17.9. The molecular formula is C17H17BClN3O2S. The number of halogens is 1. The van der Waals surface area contributed by atoms with Crippen LogP contribution in [-0.2, 0) is 6.42 Å². The maximum absolute atomic E-state index is 9.19. The Morgan fingerprint density at radius 3 is 2.40 bits per heavy atom. The molecule has 0 spiro atoms. The maximum atomic E-state index is 9.19. The van der Waals surface area contributed by atoms with Gasteiger partial charge in [0.25, 0.3) is 0 Å². The van der Waals surface area contributed by atoms with E-state index in [9.17, 15) is 10.0 Å². The number of thiophene rings is 1. The third kappa shape index (κ3) is 4.01. The molecule has 128 valence electrons. The van der Waals surface area contributed by atoms with Crippen LogP contribution in [0.25, 0.3) is 10.7 Å². The lowest BCUT2D eigenvalue weighted by Gasteiger charge is -2.14. The van der Waals surface area contributed by atoms with E-state index in [1.165, 1.54) is 11.3 Å². The zero-order valence-corrected chi connectivity index (χ0v) is 15.4. The first-order valence-corrected chi connectivity index (χ1v) is 9.03. The Morgan fingerprint density at radius 2 is 1.84 bits per heavy atom. The van der Waals surface area contributed by atoms with Gasteiger partial charge in [-0.05, 0) is 43.1 Å². The Labute approximate surface area is 155 Å². The van der Waals surface area contributed by atoms with Gasteiger partial charge in [-0.15, -0.1) is 11.3 Å². The summed E-state index contributed by atoms with van der Waals surface area (Å²) < 4.78 is 0.698. The van der Waals surface area contributed by atoms with Crippen molar-refractivity contribution in [2.24, 2.45) is 0 Å². The molecule has 3 rings (SSSR count). The van der Waals surface area contributed by atoms with Crippen LogP contribution >= 0.6 is 22.9 Å². The van der Waals surface area contributed by atoms with Gasteiger partial charge in [-0.1, -0.05) is 30.7 Å². The topological polar surface area (TPSA) is 78.3 Å². The number of hydrogen-bond acceptors (Lipinski definition) is 6. The zero-order valence-electron chi connectivity index (χ0n) is 13.8. The molecule has 0 saturated heterocycles. The molecule has 1 aromatic carbocycles. The minimum absolute atomic E-state index is 0.439. The van der Waals surface area contributed by atoms with E-state index in [0.717, 1.165) is 34.1 Å². The van der Waals surface area contributed by atoms with Crippen LogP contribution in [0.3, 0.4) is 0 Å². The van der Waals surface area contributed by atoms with Crippen molar-refractivity contribution in [3.8, 4) is 10.7 Å². The number of aromatic nitrogens is 2. The van der Waals surface area contributed by atoms with E-state index < -0.39 is 7.12 Å². The van der Waals surface area contributed by atoms with E-state index in [1.54, 1.807) is 24.3 Å². The Bertz CT molecular complexity index is 884. The summed E-state index contributed by atoms with van der Waals surface area (Å²) in [6, 6.07) is 10.6. The quantitative estimate of drug-likeness (QED) is 0.599. The van der Waals surface area contributed by atoms with Crippen LogP contribution in [0.2, 0.25) is 4.34 Å². The van der Waals surface area contributed by atoms with Crippen LogP contribution in [0.1, 0.15) is 18.2 Å². The van der Waals surface area contributed by atoms with E-state index in [0.29, 0.717) is 15.6 Å². The summed E-state index contributed by atoms with van der Waals surface area (Å²) in [5.74, 6) is 1.38. The number of rotatable bonds is 5. The molecule has 0 bridgehead atoms. The molecule has 0 amide bonds. The van der Waals surface area contributed by atoms with E-state index in [2.05, 4.69) is 22.2 Å². The lowest BCUT2D eigenvalue weighted by atomic mass is 9.80. The summed E-state index contributed by atoms with van der Waals surface area (Å²) in [6.45, 7) is 4.03. The molecule has 2 heterocycles. The summed E-state index contributed by atoms with van der Waals surface area (Å²) in [7, 11) is -1.48. The maximum Gasteiger partial charge on any atom is 0.488 e. The molecule has 2 aromatic heterocycles. The highest BCUT2D eigenvalue weighted by molar-refractivity contribution is 7.19. The number of nitrogens with one attached hydrogen (secondary N) is 1. The minimum Gasteiger partial charge on any atom is -0.423 e. The summed E-state index contributed by atoms with van der Waals surface area (Å²) in [6.07, 6.45) is 0.799. The molecule has 0 aliphatic rings. The van der Waals surface area contributed by atoms with Crippen LogP contribution < -0.4 is 10.8 Å². The van der Waals surface area contributed by atoms with E-state index in [-0.39, 0.29) is 0 Å². The number of anilines is 2. The van der Waals surface area contributed by atoms with Crippen LogP contribution in [0.15, 0.2) is 36.4 Å². The Morgan fingerprint density at radius 1 is 1.12 bits per heavy atom. The zero-order chi connectivity index (χ0) is 18.0. The van der Waals surface area contributed by atoms with Crippen LogP contribution in [0.5, 0.6) is 0 Å². The molecule has 0 aliphatic carbocycles. The summed E-state index contributed by atoms with van der Waals surface area (Å²) >= 11 is 7.47. The van der Waals surface area contributed by atoms with Gasteiger partial charge in [-0.3, -0.25) is 0 Å². The number of aryl methyl sites for hydroxylation is 1. The van der Waals surface area contributed by atoms with E-state index in [1.807, 2.05) is 19.1 Å². The second-order valence-electron chi connectivity index (χ2n) is 5.54. The van der Waals surface area contributed by atoms with Gasteiger partial charge in [0.1, 0.15) is 5.82 Å². The normalized spacial score (nSPS) is 10.8. The van der Waals surface area contributed by atoms with Gasteiger partial charge in [-0.2, -0.15) is 0 Å². The average Bonchev–Trinajstić information content (AvgIpc) is 3.01. The predicted octanol–water partition coefficient (Wildman–Crippen LogP) is 3.15. The highest BCUT2D eigenvalue weighted by atomic mass is 35.5. The third-order valence-corrected chi connectivity index (χ3v) is 5.06. The molecule has 0 aliphatic heterocycles. The van der Waals surface area contributed by atoms with Crippen molar-refractivity contribution in [2.75, 3.05) is 5.32 Å². The molecule has 5 nitrogen and oxygen atoms in total. The van der Waals surface area contributed by atoms with Gasteiger partial charge >= 0.3 is 7.12 Å². The third-order valence-electron chi connectivity index (χ3n) is 3.83. The van der Waals surface area contributed by atoms with Gasteiger partial charge in [0.15, 0.2) is 5.82 Å². The Kier molecular flexibility index (Phi) is 5.39. The second-order valence-corrected chi connectivity index (χ2v) is 7.25. The smallest absolute Gasteiger partial charge is 0.423 e. The Hall–Kier alpha value is -1.93. The van der Waals surface area contributed by atoms with Crippen molar-refractivity contribution >= 4 is 47.0 Å². The van der Waals surface area contributed by atoms with Gasteiger partial charge in [0.05, 0.1) is 9.21 Å². The highest BCUT2D eigenvalue weighted by Crippen LogP contribution is 2.31. The fraction of sp³-hybridized carbons (Fsp3) is 0.176. The fourth-order valence-corrected chi connectivity index (χ4v) is 3.52. The minimum atomic E-state index is -1.48. The number of nitrogens with zero attached hydrogens (tertiary/aromatic N) is 2. The fourth-order valence-electron chi connectivity index (χ4n) is 2.54. The van der Waals surface area contributed by atoms with Crippen LogP contribution in [0, 0.1) is 6.92 Å². The predicted molar refractivity (Wildman–Crippen MR) is 104 cm³/mol. The first-order chi connectivity index (χ1) is 12.0. The van der Waals surface area contributed by atoms with E-state index in [4.69, 9.17) is 11.6 Å². The monoisotopic (exact) mass is 373 g/mol. The second kappa shape index (κ2) is 7.53.